The molecule has 2 aliphatic heterocycles. The number of benzene rings is 6. The van der Waals surface area contributed by atoms with Crippen LogP contribution in [-0.2, 0) is 33.5 Å². The van der Waals surface area contributed by atoms with Crippen LogP contribution in [-0.4, -0.2) is 38.9 Å². The predicted molar refractivity (Wildman–Crippen MR) is 283 cm³/mol. The third kappa shape index (κ3) is 7.48. The van der Waals surface area contributed by atoms with Crippen molar-refractivity contribution in [3.63, 3.8) is 0 Å². The van der Waals surface area contributed by atoms with Crippen LogP contribution in [0.15, 0.2) is 152 Å². The second kappa shape index (κ2) is 16.9. The second-order valence-electron chi connectivity index (χ2n) is 21.1. The zero-order valence-electron chi connectivity index (χ0n) is 40.1. The SMILES string of the molecule is O=C(Nc1cc(C2CC2)[nH]n1)c1cccc(CN2C(=O)C3(CC3c3ccc(Cl)cc3)c3cc(-[n+]4[nH]c(NC(=O)c5cccc(CN6C(=O)C7(CC7c7ccc(Cl)cc7)c7ccccc76)c5)cc4C4CC4)ccc32)c1. The summed E-state index contributed by atoms with van der Waals surface area (Å²) in [5, 5.41) is 18.2. The van der Waals surface area contributed by atoms with Crippen molar-refractivity contribution in [2.24, 2.45) is 0 Å². The number of amides is 4. The Morgan fingerprint density at radius 3 is 1.78 bits per heavy atom. The molecule has 14 heteroatoms. The molecule has 8 aromatic rings. The molecule has 0 saturated heterocycles. The number of hydrogen-bond donors (Lipinski definition) is 4. The van der Waals surface area contributed by atoms with E-state index in [9.17, 15) is 14.4 Å². The Labute approximate surface area is 436 Å². The number of aromatic nitrogens is 4. The van der Waals surface area contributed by atoms with E-state index >= 15 is 4.79 Å². The fourth-order valence-electron chi connectivity index (χ4n) is 12.1. The highest BCUT2D eigenvalue weighted by Gasteiger charge is 2.68. The van der Waals surface area contributed by atoms with E-state index in [0.29, 0.717) is 57.6 Å². The lowest BCUT2D eigenvalue weighted by atomic mass is 9.91. The van der Waals surface area contributed by atoms with Crippen molar-refractivity contribution in [1.29, 1.82) is 0 Å². The lowest BCUT2D eigenvalue weighted by molar-refractivity contribution is -0.662. The highest BCUT2D eigenvalue weighted by Crippen LogP contribution is 2.68. The number of nitrogens with one attached hydrogen (secondary N) is 4. The number of anilines is 4. The molecule has 2 aromatic heterocycles. The molecule has 0 bridgehead atoms. The average molecular weight is 1020 g/mol. The van der Waals surface area contributed by atoms with Gasteiger partial charge in [0.15, 0.2) is 11.6 Å². The third-order valence-electron chi connectivity index (χ3n) is 16.3. The normalized spacial score (nSPS) is 22.1. The summed E-state index contributed by atoms with van der Waals surface area (Å²) >= 11 is 12.6. The standard InChI is InChI=1S/C60H48Cl2N8O4/c61-42-19-15-36(16-20-42)47-30-59(47)45-9-1-2-10-50(45)68(57(59)73)32-34-5-4-8-41(26-34)56(72)64-54-29-52(39-13-14-39)70(67-54)44-23-24-51-46(27-44)60(31-48(60)37-17-21-43(62)22-18-37)58(74)69(51)33-35-6-3-7-40(25-35)55(71)63-53-28-49(65-66-53)38-11-12-38/h1-10,15-29,38-39,47-48H,11-14,30-33H2,(H3,63,64,65,66,67,71,72)/p+1. The van der Waals surface area contributed by atoms with Crippen LogP contribution < -0.4 is 25.1 Å². The van der Waals surface area contributed by atoms with Gasteiger partial charge in [-0.05, 0) is 133 Å². The molecular weight excluding hydrogens is 968 g/mol. The first-order valence-electron chi connectivity index (χ1n) is 25.4. The Morgan fingerprint density at radius 2 is 1.18 bits per heavy atom. The summed E-state index contributed by atoms with van der Waals surface area (Å²) in [5.74, 6) is 1.39. The first kappa shape index (κ1) is 44.9. The molecule has 6 aliphatic rings. The average Bonchev–Trinajstić information content (AvgIpc) is 4.33. The topological polar surface area (TPSA) is 147 Å². The summed E-state index contributed by atoms with van der Waals surface area (Å²) in [6.45, 7) is 0.610. The number of aromatic amines is 2. The Bertz CT molecular complexity index is 3660. The van der Waals surface area contributed by atoms with Gasteiger partial charge in [0, 0.05) is 80.1 Å². The molecule has 4 atom stereocenters. The maximum Gasteiger partial charge on any atom is 0.256 e. The molecule has 12 nitrogen and oxygen atoms in total. The number of fused-ring (bicyclic) bond motifs is 4. The highest BCUT2D eigenvalue weighted by molar-refractivity contribution is 6.31. The molecule has 4 aliphatic carbocycles. The van der Waals surface area contributed by atoms with Gasteiger partial charge in [0.2, 0.25) is 23.2 Å². The predicted octanol–water partition coefficient (Wildman–Crippen LogP) is 11.5. The van der Waals surface area contributed by atoms with Crippen LogP contribution in [0, 0.1) is 0 Å². The fraction of sp³-hybridized carbons (Fsp3) is 0.233. The van der Waals surface area contributed by atoms with Gasteiger partial charge in [0.25, 0.3) is 11.8 Å². The second-order valence-corrected chi connectivity index (χ2v) is 21.9. The Balaban J connectivity index is 0.728. The molecule has 4 saturated carbocycles. The summed E-state index contributed by atoms with van der Waals surface area (Å²) in [6, 6.07) is 48.6. The van der Waals surface area contributed by atoms with Crippen LogP contribution in [0.2, 0.25) is 10.0 Å². The quantitative estimate of drug-likeness (QED) is 0.0849. The number of carbonyl (C=O) groups excluding carboxylic acids is 4. The van der Waals surface area contributed by atoms with Crippen LogP contribution in [0.25, 0.3) is 5.69 Å². The molecule has 366 valence electrons. The van der Waals surface area contributed by atoms with Gasteiger partial charge in [-0.3, -0.25) is 24.3 Å². The molecule has 4 heterocycles. The van der Waals surface area contributed by atoms with Crippen molar-refractivity contribution in [2.45, 2.75) is 86.1 Å². The Morgan fingerprint density at radius 1 is 0.608 bits per heavy atom. The minimum Gasteiger partial charge on any atom is -0.307 e. The number of carbonyl (C=O) groups is 4. The summed E-state index contributed by atoms with van der Waals surface area (Å²) in [4.78, 5) is 60.9. The zero-order valence-corrected chi connectivity index (χ0v) is 41.6. The lowest BCUT2D eigenvalue weighted by Crippen LogP contribution is -2.37. The molecule has 4 unspecified atom stereocenters. The smallest absolute Gasteiger partial charge is 0.256 e. The Hall–Kier alpha value is -7.80. The molecule has 6 aromatic carbocycles. The number of nitrogens with zero attached hydrogens (tertiary/aromatic N) is 4. The summed E-state index contributed by atoms with van der Waals surface area (Å²) in [5.41, 5.74) is 10.0. The molecule has 4 fully saturated rings. The molecule has 74 heavy (non-hydrogen) atoms. The fourth-order valence-corrected chi connectivity index (χ4v) is 12.4. The van der Waals surface area contributed by atoms with Crippen LogP contribution in [0.3, 0.4) is 0 Å². The van der Waals surface area contributed by atoms with Gasteiger partial charge in [-0.2, -0.15) is 5.10 Å². The van der Waals surface area contributed by atoms with Gasteiger partial charge in [0.05, 0.1) is 30.0 Å². The maximum atomic E-state index is 15.0. The van der Waals surface area contributed by atoms with Crippen molar-refractivity contribution in [1.82, 2.24) is 15.3 Å². The molecule has 4 amide bonds. The molecule has 4 N–H and O–H groups in total. The zero-order chi connectivity index (χ0) is 50.0. The number of para-hydroxylation sites is 1. The van der Waals surface area contributed by atoms with Crippen molar-refractivity contribution >= 4 is 69.8 Å². The first-order chi connectivity index (χ1) is 36.0. The van der Waals surface area contributed by atoms with E-state index < -0.39 is 10.8 Å². The summed E-state index contributed by atoms with van der Waals surface area (Å²) in [6.07, 6.45) is 5.67. The minimum absolute atomic E-state index is 0.0187. The van der Waals surface area contributed by atoms with E-state index in [0.717, 1.165) is 93.9 Å². The van der Waals surface area contributed by atoms with Gasteiger partial charge < -0.3 is 20.4 Å². The van der Waals surface area contributed by atoms with Crippen LogP contribution >= 0.6 is 23.2 Å². The van der Waals surface area contributed by atoms with E-state index in [1.165, 1.54) is 0 Å². The van der Waals surface area contributed by atoms with Crippen molar-refractivity contribution in [2.75, 3.05) is 20.4 Å². The van der Waals surface area contributed by atoms with Gasteiger partial charge in [-0.25, -0.2) is 0 Å². The van der Waals surface area contributed by atoms with Gasteiger partial charge >= 0.3 is 0 Å². The summed E-state index contributed by atoms with van der Waals surface area (Å²) in [7, 11) is 0. The number of halogens is 2. The number of rotatable bonds is 13. The minimum atomic E-state index is -0.790. The van der Waals surface area contributed by atoms with Gasteiger partial charge in [0.1, 0.15) is 0 Å². The molecule has 2 spiro atoms. The van der Waals surface area contributed by atoms with E-state index in [2.05, 4.69) is 38.1 Å². The van der Waals surface area contributed by atoms with Crippen molar-refractivity contribution in [3.8, 4) is 5.69 Å². The van der Waals surface area contributed by atoms with Crippen molar-refractivity contribution in [3.05, 3.63) is 218 Å². The van der Waals surface area contributed by atoms with Gasteiger partial charge in [-0.15, -0.1) is 5.10 Å². The van der Waals surface area contributed by atoms with Crippen LogP contribution in [0.5, 0.6) is 0 Å². The van der Waals surface area contributed by atoms with E-state index in [4.69, 9.17) is 23.2 Å². The molecule has 14 rings (SSSR count). The van der Waals surface area contributed by atoms with E-state index in [1.54, 1.807) is 12.1 Å². The lowest BCUT2D eigenvalue weighted by Gasteiger charge is -2.19. The Kier molecular flexibility index (Phi) is 10.2. The van der Waals surface area contributed by atoms with E-state index in [1.807, 2.05) is 142 Å². The molecular formula is C60H49Cl2N8O4+. The van der Waals surface area contributed by atoms with Crippen LogP contribution in [0.4, 0.5) is 23.0 Å². The first-order valence-corrected chi connectivity index (χ1v) is 26.2. The summed E-state index contributed by atoms with van der Waals surface area (Å²) < 4.78 is 2.04. The molecule has 0 radical (unpaired) electrons. The van der Waals surface area contributed by atoms with Crippen molar-refractivity contribution < 1.29 is 23.9 Å². The van der Waals surface area contributed by atoms with Gasteiger partial charge in [-0.1, -0.05) is 94.6 Å². The largest absolute Gasteiger partial charge is 0.307 e. The highest BCUT2D eigenvalue weighted by atomic mass is 35.5. The number of H-pyrrole nitrogens is 2. The monoisotopic (exact) mass is 1020 g/mol. The third-order valence-corrected chi connectivity index (χ3v) is 16.9. The van der Waals surface area contributed by atoms with E-state index in [-0.39, 0.29) is 42.0 Å². The maximum absolute atomic E-state index is 15.0. The number of hydrogen-bond acceptors (Lipinski definition) is 5. The van der Waals surface area contributed by atoms with Crippen LogP contribution in [0.1, 0.15) is 128 Å².